The SMILES string of the molecule is Cc1cc(C)c(NC(=O)COC(=O)c2cccc([N+](=O)[O-])c2)c(C)c1. The molecule has 7 nitrogen and oxygen atoms in total. The van der Waals surface area contributed by atoms with Crippen molar-refractivity contribution in [1.82, 2.24) is 0 Å². The van der Waals surface area contributed by atoms with Gasteiger partial charge >= 0.3 is 5.97 Å². The third-order valence-corrected chi connectivity index (χ3v) is 3.57. The number of rotatable bonds is 5. The van der Waals surface area contributed by atoms with E-state index in [4.69, 9.17) is 4.74 Å². The van der Waals surface area contributed by atoms with Crippen molar-refractivity contribution in [3.8, 4) is 0 Å². The number of benzene rings is 2. The van der Waals surface area contributed by atoms with E-state index < -0.39 is 23.4 Å². The van der Waals surface area contributed by atoms with Crippen molar-refractivity contribution in [2.75, 3.05) is 11.9 Å². The normalized spacial score (nSPS) is 10.2. The second kappa shape index (κ2) is 7.57. The number of nitro benzene ring substituents is 1. The molecule has 2 aromatic rings. The van der Waals surface area contributed by atoms with Gasteiger partial charge in [0.25, 0.3) is 11.6 Å². The lowest BCUT2D eigenvalue weighted by Crippen LogP contribution is -2.22. The molecule has 25 heavy (non-hydrogen) atoms. The van der Waals surface area contributed by atoms with Gasteiger partial charge in [0.15, 0.2) is 6.61 Å². The van der Waals surface area contributed by atoms with Crippen LogP contribution in [-0.2, 0) is 9.53 Å². The van der Waals surface area contributed by atoms with Crippen LogP contribution in [0, 0.1) is 30.9 Å². The maximum Gasteiger partial charge on any atom is 0.338 e. The van der Waals surface area contributed by atoms with Crippen molar-refractivity contribution in [2.24, 2.45) is 0 Å². The summed E-state index contributed by atoms with van der Waals surface area (Å²) in [4.78, 5) is 34.1. The highest BCUT2D eigenvalue weighted by Crippen LogP contribution is 2.21. The monoisotopic (exact) mass is 342 g/mol. The minimum atomic E-state index is -0.795. The largest absolute Gasteiger partial charge is 0.452 e. The molecule has 0 aliphatic rings. The maximum absolute atomic E-state index is 12.0. The van der Waals surface area contributed by atoms with E-state index in [9.17, 15) is 19.7 Å². The fourth-order valence-electron chi connectivity index (χ4n) is 2.51. The summed E-state index contributed by atoms with van der Waals surface area (Å²) in [6, 6.07) is 9.03. The molecular weight excluding hydrogens is 324 g/mol. The third kappa shape index (κ3) is 4.63. The molecule has 0 atom stereocenters. The molecule has 0 saturated heterocycles. The maximum atomic E-state index is 12.0. The van der Waals surface area contributed by atoms with Crippen LogP contribution in [0.1, 0.15) is 27.0 Å². The molecule has 0 heterocycles. The molecule has 2 rings (SSSR count). The number of nitrogens with zero attached hydrogens (tertiary/aromatic N) is 1. The summed E-state index contributed by atoms with van der Waals surface area (Å²) < 4.78 is 4.93. The van der Waals surface area contributed by atoms with E-state index in [0.717, 1.165) is 22.8 Å². The summed E-state index contributed by atoms with van der Waals surface area (Å²) >= 11 is 0. The predicted octanol–water partition coefficient (Wildman–Crippen LogP) is 3.32. The summed E-state index contributed by atoms with van der Waals surface area (Å²) in [6.07, 6.45) is 0. The van der Waals surface area contributed by atoms with Gasteiger partial charge in [-0.3, -0.25) is 14.9 Å². The number of ether oxygens (including phenoxy) is 1. The lowest BCUT2D eigenvalue weighted by Gasteiger charge is -2.13. The Morgan fingerprint density at radius 1 is 1.12 bits per heavy atom. The Kier molecular flexibility index (Phi) is 5.49. The number of nitrogens with one attached hydrogen (secondary N) is 1. The third-order valence-electron chi connectivity index (χ3n) is 3.57. The van der Waals surface area contributed by atoms with Crippen molar-refractivity contribution < 1.29 is 19.2 Å². The minimum absolute atomic E-state index is 0.0182. The first-order valence-corrected chi connectivity index (χ1v) is 7.57. The van der Waals surface area contributed by atoms with Crippen molar-refractivity contribution in [3.63, 3.8) is 0 Å². The van der Waals surface area contributed by atoms with Gasteiger partial charge in [0.1, 0.15) is 0 Å². The number of esters is 1. The van der Waals surface area contributed by atoms with Gasteiger partial charge in [-0.05, 0) is 38.0 Å². The van der Waals surface area contributed by atoms with Crippen molar-refractivity contribution in [2.45, 2.75) is 20.8 Å². The average molecular weight is 342 g/mol. The van der Waals surface area contributed by atoms with E-state index in [-0.39, 0.29) is 11.3 Å². The topological polar surface area (TPSA) is 98.5 Å². The van der Waals surface area contributed by atoms with Crippen LogP contribution in [0.5, 0.6) is 0 Å². The van der Waals surface area contributed by atoms with Crippen LogP contribution in [0.25, 0.3) is 0 Å². The molecule has 2 aromatic carbocycles. The highest BCUT2D eigenvalue weighted by atomic mass is 16.6. The number of anilines is 1. The second-order valence-electron chi connectivity index (χ2n) is 5.71. The molecule has 0 radical (unpaired) electrons. The number of amides is 1. The number of carbonyl (C=O) groups excluding carboxylic acids is 2. The number of non-ortho nitro benzene ring substituents is 1. The van der Waals surface area contributed by atoms with Crippen LogP contribution >= 0.6 is 0 Å². The quantitative estimate of drug-likeness (QED) is 0.510. The predicted molar refractivity (Wildman–Crippen MR) is 92.7 cm³/mol. The van der Waals surface area contributed by atoms with E-state index in [1.54, 1.807) is 0 Å². The van der Waals surface area contributed by atoms with E-state index in [1.165, 1.54) is 18.2 Å². The van der Waals surface area contributed by atoms with E-state index in [0.29, 0.717) is 5.69 Å². The van der Waals surface area contributed by atoms with Gasteiger partial charge in [-0.15, -0.1) is 0 Å². The minimum Gasteiger partial charge on any atom is -0.452 e. The highest BCUT2D eigenvalue weighted by molar-refractivity contribution is 5.96. The molecule has 130 valence electrons. The lowest BCUT2D eigenvalue weighted by molar-refractivity contribution is -0.384. The van der Waals surface area contributed by atoms with Gasteiger partial charge in [0.05, 0.1) is 10.5 Å². The van der Waals surface area contributed by atoms with E-state index in [1.807, 2.05) is 32.9 Å². The number of nitro groups is 1. The van der Waals surface area contributed by atoms with Gasteiger partial charge < -0.3 is 10.1 Å². The lowest BCUT2D eigenvalue weighted by atomic mass is 10.1. The molecule has 7 heteroatoms. The molecule has 1 amide bonds. The van der Waals surface area contributed by atoms with Crippen LogP contribution in [0.3, 0.4) is 0 Å². The van der Waals surface area contributed by atoms with Crippen LogP contribution in [0.15, 0.2) is 36.4 Å². The van der Waals surface area contributed by atoms with E-state index in [2.05, 4.69) is 5.32 Å². The van der Waals surface area contributed by atoms with E-state index >= 15 is 0 Å². The number of hydrogen-bond donors (Lipinski definition) is 1. The zero-order valence-corrected chi connectivity index (χ0v) is 14.2. The molecule has 0 spiro atoms. The first-order chi connectivity index (χ1) is 11.8. The zero-order chi connectivity index (χ0) is 18.6. The standard InChI is InChI=1S/C18H18N2O5/c1-11-7-12(2)17(13(3)8-11)19-16(21)10-25-18(22)14-5-4-6-15(9-14)20(23)24/h4-9H,10H2,1-3H3,(H,19,21). The molecule has 0 bridgehead atoms. The molecule has 0 aromatic heterocycles. The fourth-order valence-corrected chi connectivity index (χ4v) is 2.51. The molecule has 1 N–H and O–H groups in total. The Balaban J connectivity index is 1.99. The van der Waals surface area contributed by atoms with Crippen molar-refractivity contribution >= 4 is 23.3 Å². The van der Waals surface area contributed by atoms with Gasteiger partial charge in [0.2, 0.25) is 0 Å². The summed E-state index contributed by atoms with van der Waals surface area (Å²) in [5.74, 6) is -1.27. The van der Waals surface area contributed by atoms with Gasteiger partial charge in [-0.2, -0.15) is 0 Å². The Labute approximate surface area is 144 Å². The second-order valence-corrected chi connectivity index (χ2v) is 5.71. The molecule has 0 aliphatic heterocycles. The average Bonchev–Trinajstić information content (AvgIpc) is 2.56. The van der Waals surface area contributed by atoms with Crippen molar-refractivity contribution in [3.05, 3.63) is 68.8 Å². The first-order valence-electron chi connectivity index (χ1n) is 7.57. The number of carbonyl (C=O) groups is 2. The molecule has 0 unspecified atom stereocenters. The summed E-state index contributed by atoms with van der Waals surface area (Å²) in [5, 5.41) is 13.4. The molecule has 0 aliphatic carbocycles. The van der Waals surface area contributed by atoms with Crippen LogP contribution in [0.4, 0.5) is 11.4 Å². The molecule has 0 saturated carbocycles. The fraction of sp³-hybridized carbons (Fsp3) is 0.222. The Hall–Kier alpha value is -3.22. The zero-order valence-electron chi connectivity index (χ0n) is 14.2. The van der Waals surface area contributed by atoms with Crippen molar-refractivity contribution in [1.29, 1.82) is 0 Å². The molecular formula is C18H18N2O5. The number of hydrogen-bond acceptors (Lipinski definition) is 5. The summed E-state index contributed by atoms with van der Waals surface area (Å²) in [7, 11) is 0. The van der Waals surface area contributed by atoms with Gasteiger partial charge in [-0.25, -0.2) is 4.79 Å². The first kappa shape index (κ1) is 18.1. The Morgan fingerprint density at radius 3 is 2.36 bits per heavy atom. The van der Waals surface area contributed by atoms with Crippen LogP contribution in [0.2, 0.25) is 0 Å². The van der Waals surface area contributed by atoms with Gasteiger partial charge in [-0.1, -0.05) is 23.8 Å². The van der Waals surface area contributed by atoms with Crippen LogP contribution in [-0.4, -0.2) is 23.4 Å². The summed E-state index contributed by atoms with van der Waals surface area (Å²) in [5.41, 5.74) is 3.40. The summed E-state index contributed by atoms with van der Waals surface area (Å²) in [6.45, 7) is 5.25. The number of aryl methyl sites for hydroxylation is 3. The Bertz CT molecular complexity index is 822. The van der Waals surface area contributed by atoms with Gasteiger partial charge in [0, 0.05) is 17.8 Å². The smallest absolute Gasteiger partial charge is 0.338 e. The Morgan fingerprint density at radius 2 is 1.76 bits per heavy atom. The molecule has 0 fully saturated rings. The van der Waals surface area contributed by atoms with Crippen LogP contribution < -0.4 is 5.32 Å². The highest BCUT2D eigenvalue weighted by Gasteiger charge is 2.15.